The summed E-state index contributed by atoms with van der Waals surface area (Å²) < 4.78 is 18.8. The number of halogens is 1. The van der Waals surface area contributed by atoms with Crippen LogP contribution in [0.15, 0.2) is 42.5 Å². The van der Waals surface area contributed by atoms with Gasteiger partial charge in [-0.2, -0.15) is 5.26 Å². The number of benzene rings is 2. The van der Waals surface area contributed by atoms with Crippen LogP contribution >= 0.6 is 0 Å². The molecule has 2 aromatic carbocycles. The first-order valence-corrected chi connectivity index (χ1v) is 5.31. The van der Waals surface area contributed by atoms with Gasteiger partial charge in [-0.1, -0.05) is 6.07 Å². The average Bonchev–Trinajstić information content (AvgIpc) is 2.41. The molecule has 94 valence electrons. The quantitative estimate of drug-likeness (QED) is 0.916. The van der Waals surface area contributed by atoms with Gasteiger partial charge in [-0.3, -0.25) is 0 Å². The van der Waals surface area contributed by atoms with Crippen molar-refractivity contribution in [3.05, 3.63) is 59.4 Å². The molecule has 0 spiro atoms. The Balaban J connectivity index is 2.37. The molecule has 2 aromatic rings. The fourth-order valence-corrected chi connectivity index (χ4v) is 1.50. The first-order chi connectivity index (χ1) is 9.11. The van der Waals surface area contributed by atoms with Crippen molar-refractivity contribution in [1.82, 2.24) is 0 Å². The van der Waals surface area contributed by atoms with E-state index in [0.717, 1.165) is 6.07 Å². The maximum absolute atomic E-state index is 13.6. The standard InChI is InChI=1S/C14H8FNO3/c15-12-3-1-2-11(14(17)18)13(12)19-10-6-4-9(8-16)5-7-10/h1-7H,(H,17,18). The molecule has 0 aliphatic carbocycles. The molecule has 1 N–H and O–H groups in total. The van der Waals surface area contributed by atoms with Crippen LogP contribution in [0.3, 0.4) is 0 Å². The smallest absolute Gasteiger partial charge is 0.339 e. The van der Waals surface area contributed by atoms with Crippen LogP contribution in [0.25, 0.3) is 0 Å². The second-order valence-electron chi connectivity index (χ2n) is 3.66. The molecule has 0 amide bonds. The van der Waals surface area contributed by atoms with Gasteiger partial charge in [-0.05, 0) is 36.4 Å². The number of nitriles is 1. The van der Waals surface area contributed by atoms with Crippen LogP contribution in [-0.4, -0.2) is 11.1 Å². The molecule has 0 radical (unpaired) electrons. The summed E-state index contributed by atoms with van der Waals surface area (Å²) in [4.78, 5) is 11.0. The van der Waals surface area contributed by atoms with E-state index in [4.69, 9.17) is 15.1 Å². The fraction of sp³-hybridized carbons (Fsp3) is 0. The fourth-order valence-electron chi connectivity index (χ4n) is 1.50. The lowest BCUT2D eigenvalue weighted by molar-refractivity contribution is 0.0693. The Kier molecular flexibility index (Phi) is 3.44. The third-order valence-electron chi connectivity index (χ3n) is 2.40. The molecule has 0 aromatic heterocycles. The van der Waals surface area contributed by atoms with Crippen LogP contribution in [-0.2, 0) is 0 Å². The Labute approximate surface area is 108 Å². The molecule has 0 unspecified atom stereocenters. The molecule has 0 saturated heterocycles. The molecule has 19 heavy (non-hydrogen) atoms. The van der Waals surface area contributed by atoms with Gasteiger partial charge in [-0.15, -0.1) is 0 Å². The van der Waals surface area contributed by atoms with Crippen molar-refractivity contribution in [2.75, 3.05) is 0 Å². The van der Waals surface area contributed by atoms with E-state index in [0.29, 0.717) is 5.56 Å². The number of hydrogen-bond acceptors (Lipinski definition) is 3. The zero-order valence-electron chi connectivity index (χ0n) is 9.63. The van der Waals surface area contributed by atoms with Crippen LogP contribution < -0.4 is 4.74 Å². The minimum atomic E-state index is -1.27. The monoisotopic (exact) mass is 257 g/mol. The molecule has 5 heteroatoms. The summed E-state index contributed by atoms with van der Waals surface area (Å²) in [6.07, 6.45) is 0. The largest absolute Gasteiger partial charge is 0.478 e. The van der Waals surface area contributed by atoms with Crippen molar-refractivity contribution in [1.29, 1.82) is 5.26 Å². The minimum Gasteiger partial charge on any atom is -0.478 e. The van der Waals surface area contributed by atoms with Gasteiger partial charge in [-0.25, -0.2) is 9.18 Å². The number of carboxylic acids is 1. The summed E-state index contributed by atoms with van der Waals surface area (Å²) in [5.74, 6) is -2.13. The van der Waals surface area contributed by atoms with Gasteiger partial charge in [0.15, 0.2) is 11.6 Å². The van der Waals surface area contributed by atoms with Gasteiger partial charge in [0.25, 0.3) is 0 Å². The summed E-state index contributed by atoms with van der Waals surface area (Å²) in [6, 6.07) is 11.5. The minimum absolute atomic E-state index is 0.256. The number of carbonyl (C=O) groups is 1. The summed E-state index contributed by atoms with van der Waals surface area (Å²) in [5, 5.41) is 17.6. The molecular formula is C14H8FNO3. The predicted molar refractivity (Wildman–Crippen MR) is 64.6 cm³/mol. The van der Waals surface area contributed by atoms with Crippen LogP contribution in [0.2, 0.25) is 0 Å². The lowest BCUT2D eigenvalue weighted by Crippen LogP contribution is -2.01. The number of rotatable bonds is 3. The van der Waals surface area contributed by atoms with Crippen molar-refractivity contribution in [3.63, 3.8) is 0 Å². The molecule has 2 rings (SSSR count). The highest BCUT2D eigenvalue weighted by atomic mass is 19.1. The van der Waals surface area contributed by atoms with Crippen molar-refractivity contribution in [2.45, 2.75) is 0 Å². The summed E-state index contributed by atoms with van der Waals surface area (Å²) >= 11 is 0. The molecule has 0 heterocycles. The average molecular weight is 257 g/mol. The van der Waals surface area contributed by atoms with Gasteiger partial charge in [0.05, 0.1) is 11.6 Å². The Hall–Kier alpha value is -2.87. The van der Waals surface area contributed by atoms with Crippen molar-refractivity contribution >= 4 is 5.97 Å². The van der Waals surface area contributed by atoms with Gasteiger partial charge >= 0.3 is 5.97 Å². The van der Waals surface area contributed by atoms with Crippen molar-refractivity contribution in [2.24, 2.45) is 0 Å². The molecule has 4 nitrogen and oxygen atoms in total. The molecule has 0 bridgehead atoms. The van der Waals surface area contributed by atoms with Gasteiger partial charge in [0.2, 0.25) is 0 Å². The molecular weight excluding hydrogens is 249 g/mol. The topological polar surface area (TPSA) is 70.3 Å². The number of nitrogens with zero attached hydrogens (tertiary/aromatic N) is 1. The van der Waals surface area contributed by atoms with E-state index in [1.54, 1.807) is 0 Å². The SMILES string of the molecule is N#Cc1ccc(Oc2c(F)cccc2C(=O)O)cc1. The summed E-state index contributed by atoms with van der Waals surface area (Å²) in [7, 11) is 0. The number of carboxylic acid groups (broad SMARTS) is 1. The normalized spacial score (nSPS) is 9.68. The zero-order chi connectivity index (χ0) is 13.8. The van der Waals surface area contributed by atoms with E-state index >= 15 is 0 Å². The third-order valence-corrected chi connectivity index (χ3v) is 2.40. The van der Waals surface area contributed by atoms with E-state index in [-0.39, 0.29) is 17.1 Å². The van der Waals surface area contributed by atoms with Crippen LogP contribution in [0.1, 0.15) is 15.9 Å². The van der Waals surface area contributed by atoms with Crippen LogP contribution in [0.5, 0.6) is 11.5 Å². The van der Waals surface area contributed by atoms with Crippen LogP contribution in [0.4, 0.5) is 4.39 Å². The summed E-state index contributed by atoms with van der Waals surface area (Å²) in [6.45, 7) is 0. The van der Waals surface area contributed by atoms with E-state index < -0.39 is 11.8 Å². The van der Waals surface area contributed by atoms with E-state index in [1.807, 2.05) is 6.07 Å². The number of aromatic carboxylic acids is 1. The lowest BCUT2D eigenvalue weighted by atomic mass is 10.2. The highest BCUT2D eigenvalue weighted by molar-refractivity contribution is 5.91. The highest BCUT2D eigenvalue weighted by Crippen LogP contribution is 2.28. The Morgan fingerprint density at radius 1 is 1.21 bits per heavy atom. The molecule has 0 fully saturated rings. The highest BCUT2D eigenvalue weighted by Gasteiger charge is 2.16. The van der Waals surface area contributed by atoms with E-state index in [2.05, 4.69) is 0 Å². The van der Waals surface area contributed by atoms with Gasteiger partial charge in [0.1, 0.15) is 11.3 Å². The van der Waals surface area contributed by atoms with Gasteiger partial charge < -0.3 is 9.84 Å². The van der Waals surface area contributed by atoms with Gasteiger partial charge in [0, 0.05) is 0 Å². The second-order valence-corrected chi connectivity index (χ2v) is 3.66. The van der Waals surface area contributed by atoms with Crippen molar-refractivity contribution < 1.29 is 19.0 Å². The maximum atomic E-state index is 13.6. The number of ether oxygens (including phenoxy) is 1. The first-order valence-electron chi connectivity index (χ1n) is 5.31. The first kappa shape index (κ1) is 12.6. The molecule has 0 atom stereocenters. The van der Waals surface area contributed by atoms with E-state index in [1.165, 1.54) is 36.4 Å². The van der Waals surface area contributed by atoms with Crippen LogP contribution in [0, 0.1) is 17.1 Å². The Morgan fingerprint density at radius 3 is 2.47 bits per heavy atom. The molecule has 0 saturated carbocycles. The van der Waals surface area contributed by atoms with E-state index in [9.17, 15) is 9.18 Å². The number of para-hydroxylation sites is 1. The Morgan fingerprint density at radius 2 is 1.89 bits per heavy atom. The second kappa shape index (κ2) is 5.19. The Bertz CT molecular complexity index is 659. The third kappa shape index (κ3) is 2.69. The zero-order valence-corrected chi connectivity index (χ0v) is 9.63. The maximum Gasteiger partial charge on any atom is 0.339 e. The summed E-state index contributed by atoms with van der Waals surface area (Å²) in [5.41, 5.74) is 0.170. The number of hydrogen-bond donors (Lipinski definition) is 1. The molecule has 0 aliphatic rings. The lowest BCUT2D eigenvalue weighted by Gasteiger charge is -2.09. The van der Waals surface area contributed by atoms with Crippen molar-refractivity contribution in [3.8, 4) is 17.6 Å². The molecule has 0 aliphatic heterocycles. The predicted octanol–water partition coefficient (Wildman–Crippen LogP) is 3.19.